The molecule has 0 bridgehead atoms. The maximum Gasteiger partial charge on any atom is 0.200 e. The van der Waals surface area contributed by atoms with Crippen LogP contribution in [0.2, 0.25) is 0 Å². The van der Waals surface area contributed by atoms with E-state index in [1.807, 2.05) is 0 Å². The SMILES string of the molecule is Fc1c(F)c(F)c(-c2c(F)c(F)c(-c3c(F)c(F)c(-c4c(F)c(F)c(-c5c(F)c(-c6c(F)c(F)c(-c7c(F)c(F)c(-c8c(F)c(F)c(-c9c(F)c(F)c(F)c(F)c9F)c(F)c8F)c(F)c7F)c(F)c6F)c(F)c(-c6c(F)c(F)c(-c7c(F)c(F)c(-c8c(F)c(F)c(-c9c(F)c(F)c(F)c(F)c9F)c(F)c8F)c(F)c7F)c(F)c6F)c5F)c(F)c4F)c(F)c3F)c(F)c2F)c(F)c1F. The van der Waals surface area contributed by atoms with E-state index in [0.717, 1.165) is 0 Å². The molecular weight excluding hydrogens is 1960 g/mol. The van der Waals surface area contributed by atoms with Crippen LogP contribution in [-0.4, -0.2) is 0 Å². The first kappa shape index (κ1) is 95.7. The van der Waals surface area contributed by atoms with Crippen molar-refractivity contribution in [3.63, 3.8) is 0 Å². The van der Waals surface area contributed by atoms with Gasteiger partial charge in [-0.05, 0) is 0 Å². The van der Waals surface area contributed by atoms with E-state index < -0.39 is 448 Å². The van der Waals surface area contributed by atoms with E-state index >= 15 is 171 Å². The molecule has 0 saturated heterocycles. The van der Waals surface area contributed by atoms with Crippen LogP contribution in [0.15, 0.2) is 0 Å². The Balaban J connectivity index is 1.06. The fraction of sp³-hybridized carbons (Fsp3) is 0. The first-order valence-corrected chi connectivity index (χ1v) is 32.7. The second-order valence-electron chi connectivity index (χ2n) is 26.0. The number of halogens is 54. The van der Waals surface area contributed by atoms with Gasteiger partial charge in [0, 0.05) is 0 Å². The number of hydrogen-bond acceptors (Lipinski definition) is 0. The van der Waals surface area contributed by atoms with E-state index in [2.05, 4.69) is 0 Å². The minimum absolute atomic E-state index is 3.03. The first-order valence-electron chi connectivity index (χ1n) is 32.7. The Morgan fingerprint density at radius 1 is 0.0379 bits per heavy atom. The third-order valence-electron chi connectivity index (χ3n) is 19.3. The van der Waals surface area contributed by atoms with Gasteiger partial charge < -0.3 is 0 Å². The maximum atomic E-state index is 17.6. The van der Waals surface area contributed by atoms with Crippen LogP contribution in [0.25, 0.3) is 134 Å². The fourth-order valence-corrected chi connectivity index (χ4v) is 13.4. The molecular formula is C78F54. The van der Waals surface area contributed by atoms with Crippen molar-refractivity contribution >= 4 is 0 Å². The molecule has 0 atom stereocenters. The predicted molar refractivity (Wildman–Crippen MR) is 329 cm³/mol. The molecule has 132 heavy (non-hydrogen) atoms. The molecule has 0 heterocycles. The zero-order chi connectivity index (χ0) is 99.0. The van der Waals surface area contributed by atoms with Crippen molar-refractivity contribution in [1.82, 2.24) is 0 Å². The van der Waals surface area contributed by atoms with Crippen LogP contribution in [0, 0.1) is 314 Å². The standard InChI is InChI=1S/C78F54/c79-25-1(4-28(82)34(88)7(35(89)29(4)83)10-40(94)46(100)13(47(101)41(10)95)16-52(106)58(112)19(59(113)53(16)107)22-64(118)70(124)76(130)71(125)65(22)119)26(80)3(6-32(86)38(92)9(39(93)33(6)87)12-44(98)50(104)15(51(105)45(12)99)18-56(110)62(116)21(63(117)57(18)111)24-68(122)74(128)78(132)75(129)69(24)123)27(81)2(25)5-30(84)36(90)8(37(91)31(5)85)11-42(96)48(102)14(49(103)43(11)97)17-54(108)60(114)20(61(115)55(17)109)23-66(120)72(126)77(131)73(127)67(23)121. The van der Waals surface area contributed by atoms with Crippen molar-refractivity contribution in [1.29, 1.82) is 0 Å². The Morgan fingerprint density at radius 2 is 0.0682 bits per heavy atom. The molecule has 13 aromatic carbocycles. The topological polar surface area (TPSA) is 0 Å². The highest BCUT2D eigenvalue weighted by atomic mass is 19.2. The molecule has 54 heteroatoms. The molecule has 690 valence electrons. The molecule has 0 spiro atoms. The van der Waals surface area contributed by atoms with Crippen LogP contribution in [0.4, 0.5) is 237 Å². The molecule has 0 fully saturated rings. The van der Waals surface area contributed by atoms with E-state index in [1.54, 1.807) is 0 Å². The number of benzene rings is 13. The summed E-state index contributed by atoms with van der Waals surface area (Å²) in [5, 5.41) is 0. The summed E-state index contributed by atoms with van der Waals surface area (Å²) in [5.74, 6) is -204. The molecule has 0 aliphatic rings. The predicted octanol–water partition coefficient (Wildman–Crippen LogP) is 29.2. The van der Waals surface area contributed by atoms with Crippen molar-refractivity contribution in [3.8, 4) is 134 Å². The Morgan fingerprint density at radius 3 is 0.121 bits per heavy atom. The number of hydrogen-bond donors (Lipinski definition) is 0. The van der Waals surface area contributed by atoms with Gasteiger partial charge in [0.1, 0.15) is 17.5 Å². The van der Waals surface area contributed by atoms with Crippen molar-refractivity contribution in [2.45, 2.75) is 0 Å². The molecule has 13 rings (SSSR count). The summed E-state index contributed by atoms with van der Waals surface area (Å²) in [6, 6.07) is 0. The van der Waals surface area contributed by atoms with Crippen molar-refractivity contribution in [3.05, 3.63) is 314 Å². The molecule has 0 aliphatic heterocycles. The summed E-state index contributed by atoms with van der Waals surface area (Å²) >= 11 is 0. The van der Waals surface area contributed by atoms with Gasteiger partial charge in [-0.1, -0.05) is 0 Å². The molecule has 0 N–H and O–H groups in total. The highest BCUT2D eigenvalue weighted by Gasteiger charge is 2.49. The molecule has 0 radical (unpaired) electrons. The molecule has 0 unspecified atom stereocenters. The Labute approximate surface area is 683 Å². The van der Waals surface area contributed by atoms with Crippen LogP contribution in [0.5, 0.6) is 0 Å². The van der Waals surface area contributed by atoms with Gasteiger partial charge in [-0.15, -0.1) is 0 Å². The summed E-state index contributed by atoms with van der Waals surface area (Å²) in [7, 11) is 0. The van der Waals surface area contributed by atoms with Crippen molar-refractivity contribution in [2.75, 3.05) is 0 Å². The van der Waals surface area contributed by atoms with Gasteiger partial charge in [0.15, 0.2) is 279 Å². The quantitative estimate of drug-likeness (QED) is 0.0650. The van der Waals surface area contributed by atoms with Gasteiger partial charge in [0.25, 0.3) is 0 Å². The number of rotatable bonds is 12. The Kier molecular flexibility index (Phi) is 23.6. The third kappa shape index (κ3) is 12.8. The summed E-state index contributed by atoms with van der Waals surface area (Å²) < 4.78 is 851. The van der Waals surface area contributed by atoms with Gasteiger partial charge in [0.2, 0.25) is 17.5 Å². The van der Waals surface area contributed by atoms with E-state index in [1.165, 1.54) is 0 Å². The van der Waals surface area contributed by atoms with Crippen molar-refractivity contribution < 1.29 is 237 Å². The smallest absolute Gasteiger partial charge is 0.200 e. The lowest BCUT2D eigenvalue weighted by molar-refractivity contribution is 0.379. The monoisotopic (exact) mass is 1960 g/mol. The normalized spacial score (nSPS) is 11.9. The minimum atomic E-state index is -4.31. The molecule has 13 aromatic rings. The van der Waals surface area contributed by atoms with Gasteiger partial charge in [0.05, 0.1) is 134 Å². The lowest BCUT2D eigenvalue weighted by atomic mass is 9.86. The molecule has 0 aliphatic carbocycles. The Hall–Kier alpha value is -13.9. The van der Waals surface area contributed by atoms with Gasteiger partial charge in [-0.2, -0.15) is 0 Å². The van der Waals surface area contributed by atoms with Crippen LogP contribution in [0.1, 0.15) is 0 Å². The van der Waals surface area contributed by atoms with Gasteiger partial charge in [-0.3, -0.25) is 0 Å². The second kappa shape index (κ2) is 32.6. The largest absolute Gasteiger partial charge is 0.205 e. The van der Waals surface area contributed by atoms with E-state index in [-0.39, 0.29) is 0 Å². The lowest BCUT2D eigenvalue weighted by Gasteiger charge is -2.22. The highest BCUT2D eigenvalue weighted by Crippen LogP contribution is 2.56. The summed E-state index contributed by atoms with van der Waals surface area (Å²) in [6.07, 6.45) is 0. The molecule has 0 aromatic heterocycles. The average molecular weight is 1960 g/mol. The van der Waals surface area contributed by atoms with Crippen molar-refractivity contribution in [2.24, 2.45) is 0 Å². The van der Waals surface area contributed by atoms with E-state index in [9.17, 15) is 65.9 Å². The first-order chi connectivity index (χ1) is 61.2. The van der Waals surface area contributed by atoms with Gasteiger partial charge >= 0.3 is 0 Å². The summed E-state index contributed by atoms with van der Waals surface area (Å²) in [5.41, 5.74) is -84.7. The lowest BCUT2D eigenvalue weighted by Crippen LogP contribution is -2.15. The highest BCUT2D eigenvalue weighted by molar-refractivity contribution is 5.90. The summed E-state index contributed by atoms with van der Waals surface area (Å²) in [6.45, 7) is 0. The minimum Gasteiger partial charge on any atom is -0.205 e. The third-order valence-corrected chi connectivity index (χ3v) is 19.3. The maximum absolute atomic E-state index is 17.6. The fourth-order valence-electron chi connectivity index (χ4n) is 13.4. The van der Waals surface area contributed by atoms with Crippen LogP contribution in [-0.2, 0) is 0 Å². The van der Waals surface area contributed by atoms with Crippen LogP contribution >= 0.6 is 0 Å². The Bertz CT molecular complexity index is 6460. The molecule has 0 saturated carbocycles. The average Bonchev–Trinajstić information content (AvgIpc) is 0.701. The van der Waals surface area contributed by atoms with E-state index in [0.29, 0.717) is 0 Å². The second-order valence-corrected chi connectivity index (χ2v) is 26.0. The zero-order valence-corrected chi connectivity index (χ0v) is 59.4. The summed E-state index contributed by atoms with van der Waals surface area (Å²) in [4.78, 5) is 0. The zero-order valence-electron chi connectivity index (χ0n) is 59.4. The van der Waals surface area contributed by atoms with Gasteiger partial charge in [-0.25, -0.2) is 237 Å². The van der Waals surface area contributed by atoms with E-state index in [4.69, 9.17) is 0 Å². The van der Waals surface area contributed by atoms with Crippen LogP contribution in [0.3, 0.4) is 0 Å². The molecule has 0 amide bonds. The van der Waals surface area contributed by atoms with Crippen LogP contribution < -0.4 is 0 Å². The molecule has 0 nitrogen and oxygen atoms in total.